The molecule has 0 atom stereocenters. The Hall–Kier alpha value is -0.630. The van der Waals surface area contributed by atoms with Crippen molar-refractivity contribution in [2.45, 2.75) is 6.42 Å². The molecule has 0 saturated carbocycles. The lowest BCUT2D eigenvalue weighted by atomic mass is 10.4. The second-order valence-electron chi connectivity index (χ2n) is 3.48. The van der Waals surface area contributed by atoms with Crippen LogP contribution < -0.4 is 10.9 Å². The van der Waals surface area contributed by atoms with Gasteiger partial charge in [0.1, 0.15) is 9.39 Å². The highest BCUT2D eigenvalue weighted by molar-refractivity contribution is 14.1. The summed E-state index contributed by atoms with van der Waals surface area (Å²) < 4.78 is 0.611. The van der Waals surface area contributed by atoms with Gasteiger partial charge in [-0.25, -0.2) is 4.98 Å². The maximum Gasteiger partial charge on any atom is 0.266 e. The summed E-state index contributed by atoms with van der Waals surface area (Å²) in [7, 11) is 4.07. The first-order valence-corrected chi connectivity index (χ1v) is 5.81. The summed E-state index contributed by atoms with van der Waals surface area (Å²) in [5.74, 6) is 0.665. The van der Waals surface area contributed by atoms with Crippen LogP contribution in [0.25, 0.3) is 0 Å². The van der Waals surface area contributed by atoms with E-state index in [1.807, 2.05) is 36.7 Å². The molecule has 1 rings (SSSR count). The first-order chi connectivity index (χ1) is 7.11. The molecule has 0 aliphatic heterocycles. The lowest BCUT2D eigenvalue weighted by Crippen LogP contribution is -2.19. The summed E-state index contributed by atoms with van der Waals surface area (Å²) in [6, 6.07) is 0. The fourth-order valence-corrected chi connectivity index (χ4v) is 1.59. The third-order valence-corrected chi connectivity index (χ3v) is 2.87. The van der Waals surface area contributed by atoms with Crippen LogP contribution in [0.2, 0.25) is 0 Å². The zero-order valence-corrected chi connectivity index (χ0v) is 11.0. The predicted octanol–water partition coefficient (Wildman–Crippen LogP) is 0.738. The van der Waals surface area contributed by atoms with E-state index in [0.29, 0.717) is 9.39 Å². The molecule has 0 fully saturated rings. The van der Waals surface area contributed by atoms with E-state index >= 15 is 0 Å². The SMILES string of the molecule is CN(C)CCCNc1nc[nH]c(=O)c1I. The molecule has 84 valence electrons. The molecule has 0 unspecified atom stereocenters. The van der Waals surface area contributed by atoms with Crippen LogP contribution in [0.15, 0.2) is 11.1 Å². The molecule has 0 aromatic carbocycles. The van der Waals surface area contributed by atoms with Gasteiger partial charge in [0.05, 0.1) is 6.33 Å². The largest absolute Gasteiger partial charge is 0.369 e. The van der Waals surface area contributed by atoms with Crippen molar-refractivity contribution in [3.8, 4) is 0 Å². The van der Waals surface area contributed by atoms with E-state index in [9.17, 15) is 4.79 Å². The molecule has 0 saturated heterocycles. The Balaban J connectivity index is 2.44. The molecule has 0 spiro atoms. The summed E-state index contributed by atoms with van der Waals surface area (Å²) in [6.45, 7) is 1.84. The standard InChI is InChI=1S/C9H15IN4O/c1-14(2)5-3-4-11-8-7(10)9(15)13-6-12-8/h6H,3-5H2,1-2H3,(H2,11,12,13,15). The summed E-state index contributed by atoms with van der Waals surface area (Å²) >= 11 is 1.99. The third-order valence-electron chi connectivity index (χ3n) is 1.87. The van der Waals surface area contributed by atoms with E-state index in [0.717, 1.165) is 19.5 Å². The minimum atomic E-state index is -0.0966. The number of aromatic amines is 1. The zero-order valence-electron chi connectivity index (χ0n) is 8.88. The van der Waals surface area contributed by atoms with Gasteiger partial charge in [-0.15, -0.1) is 0 Å². The highest BCUT2D eigenvalue weighted by Crippen LogP contribution is 2.08. The Kier molecular flexibility index (Phi) is 5.03. The molecule has 1 aromatic rings. The fraction of sp³-hybridized carbons (Fsp3) is 0.556. The van der Waals surface area contributed by atoms with Gasteiger partial charge in [-0.3, -0.25) is 4.79 Å². The van der Waals surface area contributed by atoms with Crippen molar-refractivity contribution in [3.05, 3.63) is 20.3 Å². The summed E-state index contributed by atoms with van der Waals surface area (Å²) in [5, 5.41) is 3.14. The zero-order chi connectivity index (χ0) is 11.3. The fourth-order valence-electron chi connectivity index (χ4n) is 1.11. The number of anilines is 1. The van der Waals surface area contributed by atoms with Gasteiger partial charge in [0.25, 0.3) is 5.56 Å². The average molecular weight is 322 g/mol. The maximum absolute atomic E-state index is 11.2. The number of hydrogen-bond acceptors (Lipinski definition) is 4. The van der Waals surface area contributed by atoms with Gasteiger partial charge in [0.2, 0.25) is 0 Å². The molecule has 1 aromatic heterocycles. The molecule has 5 nitrogen and oxygen atoms in total. The number of nitrogens with one attached hydrogen (secondary N) is 2. The molecule has 0 radical (unpaired) electrons. The normalized spacial score (nSPS) is 10.7. The number of halogens is 1. The topological polar surface area (TPSA) is 61.0 Å². The van der Waals surface area contributed by atoms with Crippen LogP contribution >= 0.6 is 22.6 Å². The minimum absolute atomic E-state index is 0.0966. The number of nitrogens with zero attached hydrogens (tertiary/aromatic N) is 2. The minimum Gasteiger partial charge on any atom is -0.369 e. The van der Waals surface area contributed by atoms with Crippen LogP contribution in [0.5, 0.6) is 0 Å². The second kappa shape index (κ2) is 6.06. The van der Waals surface area contributed by atoms with Gasteiger partial charge in [-0.05, 0) is 49.7 Å². The van der Waals surface area contributed by atoms with Crippen LogP contribution in [0.4, 0.5) is 5.82 Å². The third kappa shape index (κ3) is 4.17. The average Bonchev–Trinajstić information content (AvgIpc) is 2.18. The molecule has 0 aliphatic rings. The van der Waals surface area contributed by atoms with E-state index in [2.05, 4.69) is 20.2 Å². The van der Waals surface area contributed by atoms with Crippen molar-refractivity contribution in [2.75, 3.05) is 32.5 Å². The number of rotatable bonds is 5. The van der Waals surface area contributed by atoms with Crippen molar-refractivity contribution in [3.63, 3.8) is 0 Å². The van der Waals surface area contributed by atoms with Crippen LogP contribution in [0, 0.1) is 3.57 Å². The van der Waals surface area contributed by atoms with Gasteiger partial charge >= 0.3 is 0 Å². The van der Waals surface area contributed by atoms with Crippen LogP contribution in [-0.2, 0) is 0 Å². The van der Waals surface area contributed by atoms with E-state index < -0.39 is 0 Å². The monoisotopic (exact) mass is 322 g/mol. The smallest absolute Gasteiger partial charge is 0.266 e. The Morgan fingerprint density at radius 2 is 2.33 bits per heavy atom. The van der Waals surface area contributed by atoms with Crippen molar-refractivity contribution in [1.82, 2.24) is 14.9 Å². The lowest BCUT2D eigenvalue weighted by molar-refractivity contribution is 0.405. The van der Waals surface area contributed by atoms with Crippen molar-refractivity contribution in [1.29, 1.82) is 0 Å². The van der Waals surface area contributed by atoms with Crippen LogP contribution in [-0.4, -0.2) is 42.1 Å². The Labute approximate surface area is 102 Å². The van der Waals surface area contributed by atoms with Crippen molar-refractivity contribution in [2.24, 2.45) is 0 Å². The molecule has 2 N–H and O–H groups in total. The number of aromatic nitrogens is 2. The molecule has 1 heterocycles. The van der Waals surface area contributed by atoms with E-state index in [1.54, 1.807) is 0 Å². The summed E-state index contributed by atoms with van der Waals surface area (Å²) in [4.78, 5) is 19.9. The molecule has 0 bridgehead atoms. The second-order valence-corrected chi connectivity index (χ2v) is 4.56. The molecular formula is C9H15IN4O. The first kappa shape index (κ1) is 12.4. The quantitative estimate of drug-likeness (QED) is 0.620. The molecule has 6 heteroatoms. The number of hydrogen-bond donors (Lipinski definition) is 2. The highest BCUT2D eigenvalue weighted by atomic mass is 127. The van der Waals surface area contributed by atoms with Gasteiger partial charge in [0, 0.05) is 6.54 Å². The van der Waals surface area contributed by atoms with Gasteiger partial charge < -0.3 is 15.2 Å². The van der Waals surface area contributed by atoms with Crippen molar-refractivity contribution < 1.29 is 0 Å². The van der Waals surface area contributed by atoms with E-state index in [1.165, 1.54) is 6.33 Å². The van der Waals surface area contributed by atoms with Gasteiger partial charge in [0.15, 0.2) is 0 Å². The lowest BCUT2D eigenvalue weighted by Gasteiger charge is -2.10. The van der Waals surface area contributed by atoms with Gasteiger partial charge in [-0.1, -0.05) is 0 Å². The maximum atomic E-state index is 11.2. The van der Waals surface area contributed by atoms with Crippen LogP contribution in [0.1, 0.15) is 6.42 Å². The van der Waals surface area contributed by atoms with Crippen LogP contribution in [0.3, 0.4) is 0 Å². The summed E-state index contributed by atoms with van der Waals surface area (Å²) in [6.07, 6.45) is 2.44. The van der Waals surface area contributed by atoms with E-state index in [4.69, 9.17) is 0 Å². The molecule has 15 heavy (non-hydrogen) atoms. The number of H-pyrrole nitrogens is 1. The molecule has 0 aliphatic carbocycles. The molecule has 0 amide bonds. The highest BCUT2D eigenvalue weighted by Gasteiger charge is 2.03. The Morgan fingerprint density at radius 3 is 3.00 bits per heavy atom. The summed E-state index contributed by atoms with van der Waals surface area (Å²) in [5.41, 5.74) is -0.0966. The molecular weight excluding hydrogens is 307 g/mol. The van der Waals surface area contributed by atoms with Crippen molar-refractivity contribution >= 4 is 28.4 Å². The predicted molar refractivity (Wildman–Crippen MR) is 69.2 cm³/mol. The Morgan fingerprint density at radius 1 is 1.60 bits per heavy atom. The first-order valence-electron chi connectivity index (χ1n) is 4.73. The van der Waals surface area contributed by atoms with E-state index in [-0.39, 0.29) is 5.56 Å². The Bertz CT molecular complexity index is 363. The van der Waals surface area contributed by atoms with Gasteiger partial charge in [-0.2, -0.15) is 0 Å².